The molecular formula is C32H46N3O3PS2. The van der Waals surface area contributed by atoms with Gasteiger partial charge in [-0.25, -0.2) is 4.79 Å². The predicted octanol–water partition coefficient (Wildman–Crippen LogP) is 8.78. The molecule has 1 amide bonds. The standard InChI is InChI=1S/C32H46N3O3PS2/c1-24(2)35(25(3)4)39(21-12-17-33)38-20-18-34(19-22-40-41-32(5,6)7)31(36)37-23-30-28-15-10-8-13-26(28)27-14-9-11-16-29(27)30/h8-11,13-16,24-25,30H,12,18-23H2,1-7H3. The van der Waals surface area contributed by atoms with Crippen LogP contribution in [0, 0.1) is 11.3 Å². The van der Waals surface area contributed by atoms with E-state index in [-0.39, 0.29) is 16.8 Å². The number of carbonyl (C=O) groups excluding carboxylic acids is 1. The number of hydrogen-bond donors (Lipinski definition) is 0. The molecule has 1 aliphatic rings. The molecule has 0 saturated heterocycles. The minimum Gasteiger partial charge on any atom is -0.448 e. The summed E-state index contributed by atoms with van der Waals surface area (Å²) < 4.78 is 14.9. The fraction of sp³-hybridized carbons (Fsp3) is 0.562. The predicted molar refractivity (Wildman–Crippen MR) is 177 cm³/mol. The Morgan fingerprint density at radius 2 is 1.59 bits per heavy atom. The zero-order chi connectivity index (χ0) is 30.0. The second-order valence-electron chi connectivity index (χ2n) is 11.7. The minimum atomic E-state index is -0.941. The van der Waals surface area contributed by atoms with Gasteiger partial charge in [-0.2, -0.15) is 5.26 Å². The van der Waals surface area contributed by atoms with Crippen molar-refractivity contribution in [2.45, 2.75) is 77.6 Å². The molecule has 0 heterocycles. The number of benzene rings is 2. The third-order valence-corrected chi connectivity index (χ3v) is 12.5. The first-order valence-electron chi connectivity index (χ1n) is 14.5. The highest BCUT2D eigenvalue weighted by Gasteiger charge is 2.30. The first-order chi connectivity index (χ1) is 19.5. The van der Waals surface area contributed by atoms with Crippen LogP contribution in [0.25, 0.3) is 11.1 Å². The first-order valence-corrected chi connectivity index (χ1v) is 18.2. The molecule has 1 aliphatic carbocycles. The summed E-state index contributed by atoms with van der Waals surface area (Å²) in [6.45, 7) is 17.0. The van der Waals surface area contributed by atoms with Gasteiger partial charge in [0.05, 0.1) is 12.7 Å². The van der Waals surface area contributed by atoms with Crippen LogP contribution in [0.2, 0.25) is 0 Å². The molecule has 1 unspecified atom stereocenters. The Kier molecular flexibility index (Phi) is 13.3. The van der Waals surface area contributed by atoms with Crippen LogP contribution in [0.5, 0.6) is 0 Å². The van der Waals surface area contributed by atoms with Crippen molar-refractivity contribution < 1.29 is 14.1 Å². The molecule has 2 aromatic carbocycles. The third-order valence-electron chi connectivity index (χ3n) is 6.68. The van der Waals surface area contributed by atoms with E-state index in [9.17, 15) is 10.1 Å². The fourth-order valence-electron chi connectivity index (χ4n) is 5.11. The summed E-state index contributed by atoms with van der Waals surface area (Å²) in [6.07, 6.45) is 0.853. The van der Waals surface area contributed by atoms with E-state index in [2.05, 4.69) is 108 Å². The maximum atomic E-state index is 13.5. The highest BCUT2D eigenvalue weighted by atomic mass is 33.1. The summed E-state index contributed by atoms with van der Waals surface area (Å²) in [5.41, 5.74) is 4.85. The van der Waals surface area contributed by atoms with Gasteiger partial charge in [0, 0.05) is 54.2 Å². The summed E-state index contributed by atoms with van der Waals surface area (Å²) in [7, 11) is 2.67. The molecule has 0 aromatic heterocycles. The maximum Gasteiger partial charge on any atom is 0.409 e. The molecule has 1 atom stereocenters. The lowest BCUT2D eigenvalue weighted by atomic mass is 9.98. The van der Waals surface area contributed by atoms with Gasteiger partial charge in [-0.3, -0.25) is 4.67 Å². The Morgan fingerprint density at radius 3 is 2.12 bits per heavy atom. The average Bonchev–Trinajstić information content (AvgIpc) is 3.24. The average molecular weight is 616 g/mol. The van der Waals surface area contributed by atoms with Gasteiger partial charge in [0.25, 0.3) is 0 Å². The molecule has 0 fully saturated rings. The molecule has 0 spiro atoms. The highest BCUT2D eigenvalue weighted by Crippen LogP contribution is 2.46. The first kappa shape index (κ1) is 33.7. The zero-order valence-corrected chi connectivity index (χ0v) is 28.2. The second-order valence-corrected chi connectivity index (χ2v) is 16.8. The summed E-state index contributed by atoms with van der Waals surface area (Å²) in [5, 5.41) is 9.22. The molecule has 3 rings (SSSR count). The van der Waals surface area contributed by atoms with Crippen molar-refractivity contribution in [3.63, 3.8) is 0 Å². The molecule has 6 nitrogen and oxygen atoms in total. The number of nitriles is 1. The Bertz CT molecular complexity index is 1110. The molecule has 0 bridgehead atoms. The van der Waals surface area contributed by atoms with Crippen molar-refractivity contribution >= 4 is 36.0 Å². The highest BCUT2D eigenvalue weighted by molar-refractivity contribution is 8.77. The van der Waals surface area contributed by atoms with Crippen molar-refractivity contribution in [1.29, 1.82) is 5.26 Å². The topological polar surface area (TPSA) is 65.8 Å². The van der Waals surface area contributed by atoms with Gasteiger partial charge in [-0.15, -0.1) is 0 Å². The van der Waals surface area contributed by atoms with Gasteiger partial charge < -0.3 is 14.2 Å². The number of ether oxygens (including phenoxy) is 1. The lowest BCUT2D eigenvalue weighted by Gasteiger charge is -2.37. The maximum absolute atomic E-state index is 13.5. The number of fused-ring (bicyclic) bond motifs is 3. The number of amides is 1. The number of carbonyl (C=O) groups is 1. The van der Waals surface area contributed by atoms with Crippen molar-refractivity contribution in [1.82, 2.24) is 9.57 Å². The smallest absolute Gasteiger partial charge is 0.409 e. The number of nitrogens with zero attached hydrogens (tertiary/aromatic N) is 3. The van der Waals surface area contributed by atoms with Crippen LogP contribution in [-0.2, 0) is 9.26 Å². The third kappa shape index (κ3) is 9.90. The van der Waals surface area contributed by atoms with Crippen LogP contribution in [-0.4, -0.2) is 70.7 Å². The van der Waals surface area contributed by atoms with Crippen molar-refractivity contribution in [2.24, 2.45) is 0 Å². The van der Waals surface area contributed by atoms with Crippen molar-refractivity contribution in [3.8, 4) is 17.2 Å². The number of hydrogen-bond acceptors (Lipinski definition) is 7. The zero-order valence-electron chi connectivity index (χ0n) is 25.6. The quantitative estimate of drug-likeness (QED) is 0.113. The normalized spacial score (nSPS) is 13.8. The Morgan fingerprint density at radius 1 is 1.00 bits per heavy atom. The summed E-state index contributed by atoms with van der Waals surface area (Å²) in [5.74, 6) is 0.833. The van der Waals surface area contributed by atoms with E-state index in [0.29, 0.717) is 51.0 Å². The molecule has 9 heteroatoms. The van der Waals surface area contributed by atoms with Crippen LogP contribution in [0.15, 0.2) is 48.5 Å². The summed E-state index contributed by atoms with van der Waals surface area (Å²) >= 11 is 0. The van der Waals surface area contributed by atoms with Crippen LogP contribution in [0.4, 0.5) is 4.79 Å². The molecule has 41 heavy (non-hydrogen) atoms. The minimum absolute atomic E-state index is 0.0275. The van der Waals surface area contributed by atoms with Crippen LogP contribution >= 0.6 is 29.9 Å². The number of rotatable bonds is 15. The summed E-state index contributed by atoms with van der Waals surface area (Å²) in [6, 6.07) is 19.7. The van der Waals surface area contributed by atoms with E-state index in [1.54, 1.807) is 15.7 Å². The van der Waals surface area contributed by atoms with Gasteiger partial charge >= 0.3 is 6.09 Å². The van der Waals surface area contributed by atoms with Crippen LogP contribution in [0.3, 0.4) is 0 Å². The van der Waals surface area contributed by atoms with E-state index >= 15 is 0 Å². The van der Waals surface area contributed by atoms with Gasteiger partial charge in [0.1, 0.15) is 14.9 Å². The molecule has 0 N–H and O–H groups in total. The van der Waals surface area contributed by atoms with Gasteiger partial charge in [-0.1, -0.05) is 90.9 Å². The van der Waals surface area contributed by atoms with Crippen molar-refractivity contribution in [3.05, 3.63) is 59.7 Å². The van der Waals surface area contributed by atoms with E-state index in [0.717, 1.165) is 5.75 Å². The van der Waals surface area contributed by atoms with E-state index in [1.807, 2.05) is 10.8 Å². The van der Waals surface area contributed by atoms with Crippen LogP contribution < -0.4 is 0 Å². The molecule has 0 aliphatic heterocycles. The molecule has 0 saturated carbocycles. The van der Waals surface area contributed by atoms with Gasteiger partial charge in [0.2, 0.25) is 0 Å². The van der Waals surface area contributed by atoms with Gasteiger partial charge in [0.15, 0.2) is 0 Å². The molecular weight excluding hydrogens is 569 g/mol. The molecule has 0 radical (unpaired) electrons. The molecule has 224 valence electrons. The van der Waals surface area contributed by atoms with E-state index < -0.39 is 8.30 Å². The van der Waals surface area contributed by atoms with E-state index in [4.69, 9.17) is 9.26 Å². The Labute approximate surface area is 256 Å². The lowest BCUT2D eigenvalue weighted by Crippen LogP contribution is -2.38. The lowest BCUT2D eigenvalue weighted by molar-refractivity contribution is 0.0959. The SMILES string of the molecule is CC(C)N(C(C)C)P(CCC#N)OCCN(CCSSC(C)(C)C)C(=O)OCC1c2ccccc2-c2ccccc21. The monoisotopic (exact) mass is 615 g/mol. The Hall–Kier alpha value is -1.75. The van der Waals surface area contributed by atoms with Crippen LogP contribution in [0.1, 0.15) is 71.9 Å². The fourth-order valence-corrected chi connectivity index (χ4v) is 9.48. The van der Waals surface area contributed by atoms with Crippen molar-refractivity contribution in [2.75, 3.05) is 38.2 Å². The summed E-state index contributed by atoms with van der Waals surface area (Å²) in [4.78, 5) is 15.3. The van der Waals surface area contributed by atoms with Gasteiger partial charge in [-0.05, 0) is 49.9 Å². The largest absolute Gasteiger partial charge is 0.448 e. The van der Waals surface area contributed by atoms with E-state index in [1.165, 1.54) is 22.3 Å². The Balaban J connectivity index is 1.67. The second kappa shape index (κ2) is 16.2. The molecule has 2 aromatic rings.